The number of fused-ring (bicyclic) bond motifs is 1. The van der Waals surface area contributed by atoms with E-state index >= 15 is 0 Å². The fraction of sp³-hybridized carbons (Fsp3) is 0.375. The van der Waals surface area contributed by atoms with Crippen molar-refractivity contribution in [3.05, 3.63) is 46.3 Å². The van der Waals surface area contributed by atoms with Crippen LogP contribution in [0.2, 0.25) is 0 Å². The molecule has 0 spiro atoms. The molecule has 1 saturated heterocycles. The maximum atomic E-state index is 11.2. The molecule has 1 aliphatic rings. The van der Waals surface area contributed by atoms with Crippen molar-refractivity contribution in [1.82, 2.24) is 9.97 Å². The molecule has 22 heavy (non-hydrogen) atoms. The number of hydrogen-bond donors (Lipinski definition) is 1. The fourth-order valence-corrected chi connectivity index (χ4v) is 2.30. The molecule has 0 radical (unpaired) electrons. The van der Waals surface area contributed by atoms with E-state index < -0.39 is 0 Å². The summed E-state index contributed by atoms with van der Waals surface area (Å²) in [6, 6.07) is 5.21. The molecule has 114 valence electrons. The summed E-state index contributed by atoms with van der Waals surface area (Å²) in [7, 11) is -0.378. The predicted octanol–water partition coefficient (Wildman–Crippen LogP) is 2.57. The summed E-state index contributed by atoms with van der Waals surface area (Å²) < 4.78 is 11.8. The number of aromatic nitrogens is 2. The highest BCUT2D eigenvalue weighted by atomic mass is 16.7. The molecule has 0 saturated carbocycles. The minimum absolute atomic E-state index is 0.152. The van der Waals surface area contributed by atoms with Gasteiger partial charge in [0, 0.05) is 17.6 Å². The Morgan fingerprint density at radius 3 is 2.55 bits per heavy atom. The summed E-state index contributed by atoms with van der Waals surface area (Å²) in [6.45, 7) is 8.09. The molecule has 3 rings (SSSR count). The summed E-state index contributed by atoms with van der Waals surface area (Å²) in [5.41, 5.74) is 0.668. The summed E-state index contributed by atoms with van der Waals surface area (Å²) >= 11 is 0. The van der Waals surface area contributed by atoms with Crippen LogP contribution in [0.1, 0.15) is 33.3 Å². The lowest BCUT2D eigenvalue weighted by Crippen LogP contribution is -2.41. The van der Waals surface area contributed by atoms with Gasteiger partial charge in [-0.3, -0.25) is 4.79 Å². The zero-order valence-corrected chi connectivity index (χ0v) is 13.2. The van der Waals surface area contributed by atoms with Gasteiger partial charge < -0.3 is 14.3 Å². The van der Waals surface area contributed by atoms with Gasteiger partial charge in [-0.15, -0.1) is 0 Å². The second kappa shape index (κ2) is 5.07. The standard InChI is InChI=1S/C16H19BN2O3/c1-15(2)16(3,4)22-17(21-15)8-7-11-9-12-5-6-13(20)19-14(12)18-10-11/h5-10H,1-4H3,(H,18,19,20)/b8-7+. The van der Waals surface area contributed by atoms with Crippen molar-refractivity contribution < 1.29 is 9.31 Å². The third kappa shape index (κ3) is 2.72. The van der Waals surface area contributed by atoms with Gasteiger partial charge in [-0.2, -0.15) is 0 Å². The summed E-state index contributed by atoms with van der Waals surface area (Å²) in [5.74, 6) is 1.88. The zero-order chi connectivity index (χ0) is 16.0. The summed E-state index contributed by atoms with van der Waals surface area (Å²) in [5, 5.41) is 0.885. The smallest absolute Gasteiger partial charge is 0.400 e. The Balaban J connectivity index is 1.82. The first-order valence-electron chi connectivity index (χ1n) is 7.30. The maximum Gasteiger partial charge on any atom is 0.487 e. The number of nitrogens with zero attached hydrogens (tertiary/aromatic N) is 1. The fourth-order valence-electron chi connectivity index (χ4n) is 2.30. The number of H-pyrrole nitrogens is 1. The largest absolute Gasteiger partial charge is 0.487 e. The third-order valence-corrected chi connectivity index (χ3v) is 4.31. The van der Waals surface area contributed by atoms with Crippen molar-refractivity contribution in [3.8, 4) is 0 Å². The Labute approximate surface area is 129 Å². The molecule has 0 unspecified atom stereocenters. The van der Waals surface area contributed by atoms with Gasteiger partial charge in [0.2, 0.25) is 5.56 Å². The average molecular weight is 298 g/mol. The van der Waals surface area contributed by atoms with Gasteiger partial charge >= 0.3 is 7.12 Å². The van der Waals surface area contributed by atoms with E-state index in [0.717, 1.165) is 10.9 Å². The molecule has 0 aliphatic carbocycles. The first-order chi connectivity index (χ1) is 10.3. The van der Waals surface area contributed by atoms with Crippen molar-refractivity contribution in [2.45, 2.75) is 38.9 Å². The van der Waals surface area contributed by atoms with Gasteiger partial charge in [-0.25, -0.2) is 4.98 Å². The molecule has 6 heteroatoms. The monoisotopic (exact) mass is 298 g/mol. The lowest BCUT2D eigenvalue weighted by Gasteiger charge is -2.32. The summed E-state index contributed by atoms with van der Waals surface area (Å²) in [6.07, 6.45) is 3.62. The topological polar surface area (TPSA) is 64.2 Å². The molecule has 0 amide bonds. The zero-order valence-electron chi connectivity index (χ0n) is 13.2. The van der Waals surface area contributed by atoms with E-state index in [2.05, 4.69) is 9.97 Å². The number of hydrogen-bond acceptors (Lipinski definition) is 4. The molecule has 2 aromatic heterocycles. The van der Waals surface area contributed by atoms with Crippen LogP contribution in [0.5, 0.6) is 0 Å². The van der Waals surface area contributed by atoms with Crippen LogP contribution >= 0.6 is 0 Å². The molecule has 0 atom stereocenters. The highest BCUT2D eigenvalue weighted by Crippen LogP contribution is 2.37. The molecule has 1 aliphatic heterocycles. The number of nitrogens with one attached hydrogen (secondary N) is 1. The molecule has 3 heterocycles. The van der Waals surface area contributed by atoms with E-state index in [1.54, 1.807) is 12.3 Å². The van der Waals surface area contributed by atoms with Crippen LogP contribution in [-0.2, 0) is 9.31 Å². The lowest BCUT2D eigenvalue weighted by atomic mass is 9.89. The molecule has 5 nitrogen and oxygen atoms in total. The third-order valence-electron chi connectivity index (χ3n) is 4.31. The van der Waals surface area contributed by atoms with Crippen LogP contribution in [0.15, 0.2) is 35.2 Å². The van der Waals surface area contributed by atoms with Crippen molar-refractivity contribution >= 4 is 24.2 Å². The normalized spacial score (nSPS) is 20.1. The Morgan fingerprint density at radius 2 is 1.86 bits per heavy atom. The summed E-state index contributed by atoms with van der Waals surface area (Å²) in [4.78, 5) is 18.2. The first-order valence-corrected chi connectivity index (χ1v) is 7.30. The van der Waals surface area contributed by atoms with Gasteiger partial charge in [-0.05, 0) is 45.4 Å². The van der Waals surface area contributed by atoms with Crippen LogP contribution in [0, 0.1) is 0 Å². The predicted molar refractivity (Wildman–Crippen MR) is 87.5 cm³/mol. The molecule has 1 fully saturated rings. The van der Waals surface area contributed by atoms with E-state index in [9.17, 15) is 4.79 Å². The second-order valence-electron chi connectivity index (χ2n) is 6.51. The number of pyridine rings is 2. The molecule has 1 N–H and O–H groups in total. The van der Waals surface area contributed by atoms with Gasteiger partial charge in [0.1, 0.15) is 5.65 Å². The van der Waals surface area contributed by atoms with Crippen LogP contribution in [0.25, 0.3) is 17.1 Å². The molecular formula is C16H19BN2O3. The van der Waals surface area contributed by atoms with Crippen molar-refractivity contribution in [1.29, 1.82) is 0 Å². The Hall–Kier alpha value is -1.92. The number of aromatic amines is 1. The van der Waals surface area contributed by atoms with Crippen molar-refractivity contribution in [2.75, 3.05) is 0 Å². The first kappa shape index (κ1) is 15.0. The van der Waals surface area contributed by atoms with Crippen LogP contribution in [-0.4, -0.2) is 28.3 Å². The molecule has 0 aromatic carbocycles. The quantitative estimate of drug-likeness (QED) is 0.865. The Morgan fingerprint density at radius 1 is 1.18 bits per heavy atom. The SMILES string of the molecule is CC1(C)OB(/C=C/c2cnc3[nH]c(=O)ccc3c2)OC1(C)C. The minimum Gasteiger partial charge on any atom is -0.400 e. The van der Waals surface area contributed by atoms with Crippen molar-refractivity contribution in [3.63, 3.8) is 0 Å². The average Bonchev–Trinajstić information content (AvgIpc) is 2.64. The van der Waals surface area contributed by atoms with E-state index in [4.69, 9.17) is 9.31 Å². The van der Waals surface area contributed by atoms with Gasteiger partial charge in [0.05, 0.1) is 11.2 Å². The van der Waals surface area contributed by atoms with Crippen LogP contribution in [0.3, 0.4) is 0 Å². The molecular weight excluding hydrogens is 279 g/mol. The molecule has 0 bridgehead atoms. The van der Waals surface area contributed by atoms with Crippen LogP contribution < -0.4 is 5.56 Å². The van der Waals surface area contributed by atoms with Gasteiger partial charge in [-0.1, -0.05) is 12.1 Å². The van der Waals surface area contributed by atoms with Gasteiger partial charge in [0.15, 0.2) is 0 Å². The van der Waals surface area contributed by atoms with E-state index in [0.29, 0.717) is 5.65 Å². The minimum atomic E-state index is -0.378. The Bertz CT molecular complexity index is 779. The lowest BCUT2D eigenvalue weighted by molar-refractivity contribution is 0.00578. The highest BCUT2D eigenvalue weighted by Gasteiger charge is 2.49. The van der Waals surface area contributed by atoms with E-state index in [1.807, 2.05) is 45.8 Å². The van der Waals surface area contributed by atoms with E-state index in [-0.39, 0.29) is 23.9 Å². The molecule has 2 aromatic rings. The van der Waals surface area contributed by atoms with E-state index in [1.165, 1.54) is 6.07 Å². The second-order valence-corrected chi connectivity index (χ2v) is 6.51. The van der Waals surface area contributed by atoms with Crippen molar-refractivity contribution in [2.24, 2.45) is 0 Å². The van der Waals surface area contributed by atoms with Crippen LogP contribution in [0.4, 0.5) is 0 Å². The highest BCUT2D eigenvalue weighted by molar-refractivity contribution is 6.52. The maximum absolute atomic E-state index is 11.2. The number of rotatable bonds is 2. The van der Waals surface area contributed by atoms with Gasteiger partial charge in [0.25, 0.3) is 0 Å². The Kier molecular flexibility index (Phi) is 3.46.